The largest absolute Gasteiger partial charge is 0.492 e. The van der Waals surface area contributed by atoms with Gasteiger partial charge in [0.2, 0.25) is 0 Å². The Morgan fingerprint density at radius 2 is 0.810 bits per heavy atom. The number of nitrogens with two attached hydrogens (primary N) is 1. The van der Waals surface area contributed by atoms with Gasteiger partial charge in [0.05, 0.1) is 80.8 Å². The fourth-order valence-electron chi connectivity index (χ4n) is 10.7. The fourth-order valence-corrected chi connectivity index (χ4v) is 14.4. The number of fused-ring (bicyclic) bond motifs is 4. The summed E-state index contributed by atoms with van der Waals surface area (Å²) >= 11 is 12.5. The topological polar surface area (TPSA) is 356 Å². The van der Waals surface area contributed by atoms with E-state index < -0.39 is 5.54 Å². The molecule has 0 atom stereocenters. The highest BCUT2D eigenvalue weighted by Gasteiger charge is 2.21. The molecule has 1 fully saturated rings. The van der Waals surface area contributed by atoms with E-state index in [2.05, 4.69) is 170 Å². The van der Waals surface area contributed by atoms with E-state index in [0.717, 1.165) is 74.2 Å². The molecule has 686 valence electrons. The number of nitrogens with zero attached hydrogens (tertiary/aromatic N) is 6. The van der Waals surface area contributed by atoms with Gasteiger partial charge in [-0.3, -0.25) is 28.8 Å². The lowest BCUT2D eigenvalue weighted by Gasteiger charge is -2.26. The molecule has 1 aliphatic heterocycles. The van der Waals surface area contributed by atoms with Crippen LogP contribution in [-0.2, 0) is 14.3 Å². The summed E-state index contributed by atoms with van der Waals surface area (Å²) in [7, 11) is 3.35. The average molecular weight is 1830 g/mol. The Kier molecular flexibility index (Phi) is 42.7. The number of benzene rings is 4. The van der Waals surface area contributed by atoms with Crippen LogP contribution in [0, 0.1) is 23.7 Å². The Bertz CT molecular complexity index is 5600. The van der Waals surface area contributed by atoms with Crippen molar-refractivity contribution < 1.29 is 33.3 Å². The molecule has 32 heteroatoms. The van der Waals surface area contributed by atoms with Crippen LogP contribution < -0.4 is 73.0 Å². The van der Waals surface area contributed by atoms with Crippen molar-refractivity contribution in [2.75, 3.05) is 101 Å². The standard InChI is InChI=1S/C21H24N4O4S.C19H23ClN4O2S.C19H22N4O3S.C19H24N4O2S.4C4H10/c1-13(2)22-21-24-18(12-30-21)17-10-19(26)15-4-3-14(9-16(15)23-17)29-11-20(27)25-5-7-28-8-6-25;1-10(2)22-18-24-13(8-27-18)12-7-14(25)11-5-6-15(16(20)17(11)23-12)26-9-19(3,4)21;1-11(2)20-19-22-16(10-27-19)15-8-17(24)13-6-5-12(7-14(13)21-15)26-9-18(25)23(3)4;1-4-20-7-8-25-13-5-6-14-15(9-13)22-16(10-18(14)24)17-11-26-19(23-17)21-12(2)3;4*1-4(2)3/h3-4,9-10,12-13H,5-8,11H2,1-2H3,(H,22,24)(H,23,26);5-8,10H,9,21H2,1-4H3,(H,22,24)(H,23,25);5-8,10-11H,9H2,1-4H3,(H,20,22)(H,21,24);5-6,9-12,20H,4,7-8H2,1-3H3,(H,21,23)(H,22,24);4*4H,1-3H3. The van der Waals surface area contributed by atoms with E-state index in [0.29, 0.717) is 146 Å². The number of amides is 2. The lowest BCUT2D eigenvalue weighted by Crippen LogP contribution is -2.42. The third kappa shape index (κ3) is 36.2. The molecule has 0 unspecified atom stereocenters. The van der Waals surface area contributed by atoms with Gasteiger partial charge in [-0.05, 0) is 148 Å². The molecule has 0 saturated carbocycles. The van der Waals surface area contributed by atoms with Gasteiger partial charge in [0.15, 0.2) is 55.5 Å². The van der Waals surface area contributed by atoms with Crippen molar-refractivity contribution in [3.05, 3.63) is 158 Å². The van der Waals surface area contributed by atoms with Crippen molar-refractivity contribution in [2.24, 2.45) is 29.4 Å². The minimum absolute atomic E-state index is 0.0284. The Labute approximate surface area is 762 Å². The SMILES string of the molecule is CC(C)C.CC(C)C.CC(C)C.CC(C)C.CC(C)Nc1nc(-c2cc(=O)c3ccc(OCC(=O)N(C)C)cc3[nH]2)cs1.CC(C)Nc1nc(-c2cc(=O)c3ccc(OCC(=O)N4CCOCC4)cc3[nH]2)cs1.CC(C)Nc1nc(-c2cc(=O)c3ccc(OCC(C)(C)N)c(Cl)c3[nH]2)cs1.CCNCCOc1ccc2c(=O)cc(-c3csc(NC(C)C)n3)[nH]c2c1. The molecule has 13 rings (SSSR count). The third-order valence-corrected chi connectivity index (χ3v) is 19.5. The summed E-state index contributed by atoms with van der Waals surface area (Å²) in [6.07, 6.45) is 0. The molecule has 126 heavy (non-hydrogen) atoms. The van der Waals surface area contributed by atoms with Crippen molar-refractivity contribution in [3.63, 3.8) is 0 Å². The number of nitrogens with one attached hydrogen (secondary N) is 9. The number of aromatic nitrogens is 8. The third-order valence-electron chi connectivity index (χ3n) is 16.1. The zero-order chi connectivity index (χ0) is 93.2. The molecule has 0 spiro atoms. The Morgan fingerprint density at radius 3 is 1.14 bits per heavy atom. The van der Waals surface area contributed by atoms with E-state index in [-0.39, 0.29) is 64.9 Å². The lowest BCUT2D eigenvalue weighted by molar-refractivity contribution is -0.137. The van der Waals surface area contributed by atoms with Gasteiger partial charge in [0.25, 0.3) is 11.8 Å². The maximum Gasteiger partial charge on any atom is 0.260 e. The number of thiazole rings is 4. The van der Waals surface area contributed by atoms with Crippen molar-refractivity contribution in [2.45, 2.75) is 189 Å². The number of H-pyrrole nitrogens is 4. The number of ether oxygens (including phenoxy) is 5. The fraction of sp³-hybridized carbons (Fsp3) is 0.468. The molecular weight excluding hydrogens is 1690 g/mol. The summed E-state index contributed by atoms with van der Waals surface area (Å²) in [4.78, 5) is 108. The molecule has 11 N–H and O–H groups in total. The molecule has 2 amide bonds. The Hall–Kier alpha value is -10.3. The monoisotopic (exact) mass is 1820 g/mol. The first-order valence-corrected chi connectivity index (χ1v) is 46.7. The smallest absolute Gasteiger partial charge is 0.260 e. The number of carbonyl (C=O) groups excluding carboxylic acids is 2. The highest BCUT2D eigenvalue weighted by molar-refractivity contribution is 7.15. The average Bonchev–Trinajstić information content (AvgIpc) is 1.28. The van der Waals surface area contributed by atoms with E-state index in [4.69, 9.17) is 41.0 Å². The maximum atomic E-state index is 12.6. The maximum absolute atomic E-state index is 12.6. The van der Waals surface area contributed by atoms with Gasteiger partial charge in [-0.2, -0.15) is 0 Å². The van der Waals surface area contributed by atoms with E-state index >= 15 is 0 Å². The Balaban J connectivity index is 0.000000245. The molecule has 9 heterocycles. The van der Waals surface area contributed by atoms with Crippen LogP contribution in [0.25, 0.3) is 89.2 Å². The minimum Gasteiger partial charge on any atom is -0.492 e. The molecule has 4 aromatic carbocycles. The number of pyridine rings is 4. The van der Waals surface area contributed by atoms with Crippen LogP contribution in [0.2, 0.25) is 5.02 Å². The molecule has 27 nitrogen and oxygen atoms in total. The number of carbonyl (C=O) groups is 2. The number of hydrogen-bond donors (Lipinski definition) is 10. The number of aromatic amines is 4. The molecular formula is C94H133ClN16O11S4. The van der Waals surface area contributed by atoms with Gasteiger partial charge in [-0.25, -0.2) is 19.9 Å². The van der Waals surface area contributed by atoms with E-state index in [9.17, 15) is 28.8 Å². The van der Waals surface area contributed by atoms with Crippen molar-refractivity contribution >= 4 is 133 Å². The quantitative estimate of drug-likeness (QED) is 0.0225. The van der Waals surface area contributed by atoms with Gasteiger partial charge in [0, 0.05) is 149 Å². The van der Waals surface area contributed by atoms with Crippen LogP contribution in [0.3, 0.4) is 0 Å². The minimum atomic E-state index is -0.492. The summed E-state index contributed by atoms with van der Waals surface area (Å²) < 4.78 is 28.0. The van der Waals surface area contributed by atoms with E-state index in [1.807, 2.05) is 89.0 Å². The van der Waals surface area contributed by atoms with E-state index in [1.165, 1.54) is 56.3 Å². The first-order valence-electron chi connectivity index (χ1n) is 42.8. The second-order valence-corrected chi connectivity index (χ2v) is 38.5. The zero-order valence-electron chi connectivity index (χ0n) is 77.9. The molecule has 0 radical (unpaired) electrons. The summed E-state index contributed by atoms with van der Waals surface area (Å²) in [5.41, 5.74) is 13.1. The summed E-state index contributed by atoms with van der Waals surface area (Å²) in [5.74, 6) is 5.39. The predicted molar refractivity (Wildman–Crippen MR) is 530 cm³/mol. The number of halogens is 1. The normalized spacial score (nSPS) is 11.8. The van der Waals surface area contributed by atoms with Crippen LogP contribution in [-0.4, -0.2) is 171 Å². The van der Waals surface area contributed by atoms with Gasteiger partial charge in [-0.1, -0.05) is 102 Å². The highest BCUT2D eigenvalue weighted by Crippen LogP contribution is 2.35. The highest BCUT2D eigenvalue weighted by atomic mass is 35.5. The molecule has 0 aliphatic carbocycles. The van der Waals surface area contributed by atoms with Crippen LogP contribution >= 0.6 is 56.9 Å². The first-order chi connectivity index (χ1) is 59.4. The summed E-state index contributed by atoms with van der Waals surface area (Å²) in [6.45, 7) is 52.9. The number of anilines is 4. The van der Waals surface area contributed by atoms with Crippen molar-refractivity contribution in [1.29, 1.82) is 0 Å². The number of rotatable bonds is 26. The lowest BCUT2D eigenvalue weighted by atomic mass is 10.1. The molecule has 8 aromatic heterocycles. The predicted octanol–water partition coefficient (Wildman–Crippen LogP) is 20.0. The van der Waals surface area contributed by atoms with Crippen molar-refractivity contribution in [3.8, 4) is 68.5 Å². The summed E-state index contributed by atoms with van der Waals surface area (Å²) in [5, 5.41) is 29.8. The van der Waals surface area contributed by atoms with E-state index in [1.54, 1.807) is 91.8 Å². The van der Waals surface area contributed by atoms with Crippen LogP contribution in [0.5, 0.6) is 23.0 Å². The van der Waals surface area contributed by atoms with Gasteiger partial charge < -0.3 is 85.7 Å². The van der Waals surface area contributed by atoms with Crippen LogP contribution in [0.1, 0.15) is 159 Å². The second kappa shape index (κ2) is 51.5. The molecule has 12 aromatic rings. The Morgan fingerprint density at radius 1 is 0.484 bits per heavy atom. The van der Waals surface area contributed by atoms with Crippen molar-refractivity contribution in [1.82, 2.24) is 55.0 Å². The van der Waals surface area contributed by atoms with Gasteiger partial charge in [-0.15, -0.1) is 45.3 Å². The van der Waals surface area contributed by atoms with Crippen LogP contribution in [0.4, 0.5) is 20.5 Å². The number of morpholine rings is 1. The van der Waals surface area contributed by atoms with Gasteiger partial charge >= 0.3 is 0 Å². The first kappa shape index (κ1) is 105. The summed E-state index contributed by atoms with van der Waals surface area (Å²) in [6, 6.07) is 26.5. The molecule has 1 saturated heterocycles. The van der Waals surface area contributed by atoms with Crippen LogP contribution in [0.15, 0.2) is 132 Å². The van der Waals surface area contributed by atoms with Gasteiger partial charge in [0.1, 0.15) is 41.2 Å². The number of likely N-dealkylation sites (N-methyl/N-ethyl adjacent to an activating group) is 2. The zero-order valence-corrected chi connectivity index (χ0v) is 81.9. The number of hydrogen-bond acceptors (Lipinski definition) is 25. The molecule has 0 bridgehead atoms. The second-order valence-electron chi connectivity index (χ2n) is 34.7. The molecule has 1 aliphatic rings.